The number of nitrogens with zero attached hydrogens (tertiary/aromatic N) is 5. The smallest absolute Gasteiger partial charge is 0.278 e. The fourth-order valence-corrected chi connectivity index (χ4v) is 4.20. The molecule has 0 aliphatic heterocycles. The van der Waals surface area contributed by atoms with Crippen LogP contribution in [-0.2, 0) is 15.8 Å². The molecule has 1 amide bonds. The third-order valence-corrected chi connectivity index (χ3v) is 6.57. The number of nitrogens with one attached hydrogen (secondary N) is 3. The predicted molar refractivity (Wildman–Crippen MR) is 154 cm³/mol. The lowest BCUT2D eigenvalue weighted by Gasteiger charge is -2.27. The molecule has 0 aliphatic rings. The number of amides is 1. The number of rotatable bonds is 14. The maximum Gasteiger partial charge on any atom is 0.278 e. The zero-order valence-electron chi connectivity index (χ0n) is 22.5. The van der Waals surface area contributed by atoms with E-state index in [-0.39, 0.29) is 5.56 Å². The number of hydrogen-bond acceptors (Lipinski definition) is 9. The van der Waals surface area contributed by atoms with E-state index in [4.69, 9.17) is 4.84 Å². The van der Waals surface area contributed by atoms with E-state index in [1.54, 1.807) is 49.2 Å². The van der Waals surface area contributed by atoms with Crippen molar-refractivity contribution in [2.45, 2.75) is 33.6 Å². The SMILES string of the molecule is CCCN(CCC)c1ccc(Nc2cc(Nc3cnccn3)ncc2C(=O)NOCC)c(N(C)S(C)=O)c1. The molecular formula is C26H36N8O3S. The average molecular weight is 541 g/mol. The molecule has 0 saturated heterocycles. The van der Waals surface area contributed by atoms with Crippen LogP contribution in [0.25, 0.3) is 0 Å². The number of anilines is 6. The number of aromatic nitrogens is 3. The Morgan fingerprint density at radius 3 is 2.37 bits per heavy atom. The quantitative estimate of drug-likeness (QED) is 0.255. The molecular weight excluding hydrogens is 504 g/mol. The second kappa shape index (κ2) is 14.2. The summed E-state index contributed by atoms with van der Waals surface area (Å²) in [6.07, 6.45) is 9.83. The number of pyridine rings is 1. The Labute approximate surface area is 226 Å². The molecule has 3 rings (SSSR count). The van der Waals surface area contributed by atoms with Crippen LogP contribution in [0.4, 0.5) is 34.4 Å². The minimum atomic E-state index is -1.27. The topological polar surface area (TPSA) is 125 Å². The first-order chi connectivity index (χ1) is 18.4. The summed E-state index contributed by atoms with van der Waals surface area (Å²) in [5.74, 6) is 0.523. The van der Waals surface area contributed by atoms with Crippen LogP contribution < -0.4 is 25.3 Å². The van der Waals surface area contributed by atoms with Crippen molar-refractivity contribution in [1.82, 2.24) is 20.4 Å². The van der Waals surface area contributed by atoms with Crippen LogP contribution in [-0.4, -0.2) is 58.1 Å². The van der Waals surface area contributed by atoms with Crippen molar-refractivity contribution in [2.75, 3.05) is 52.8 Å². The van der Waals surface area contributed by atoms with E-state index in [0.29, 0.717) is 29.6 Å². The van der Waals surface area contributed by atoms with Crippen LogP contribution in [0.2, 0.25) is 0 Å². The summed E-state index contributed by atoms with van der Waals surface area (Å²) in [7, 11) is 0.506. The Balaban J connectivity index is 2.05. The van der Waals surface area contributed by atoms with Gasteiger partial charge in [-0.2, -0.15) is 0 Å². The molecule has 0 bridgehead atoms. The zero-order valence-corrected chi connectivity index (χ0v) is 23.3. The molecule has 0 radical (unpaired) electrons. The summed E-state index contributed by atoms with van der Waals surface area (Å²) >= 11 is 0. The molecule has 0 aliphatic carbocycles. The van der Waals surface area contributed by atoms with Gasteiger partial charge in [-0.3, -0.25) is 18.9 Å². The normalized spacial score (nSPS) is 11.5. The summed E-state index contributed by atoms with van der Waals surface area (Å²) in [6.45, 7) is 8.24. The van der Waals surface area contributed by atoms with Gasteiger partial charge in [0.15, 0.2) is 0 Å². The Morgan fingerprint density at radius 1 is 0.974 bits per heavy atom. The van der Waals surface area contributed by atoms with E-state index in [9.17, 15) is 9.00 Å². The van der Waals surface area contributed by atoms with Gasteiger partial charge in [-0.05, 0) is 38.0 Å². The molecule has 3 N–H and O–H groups in total. The van der Waals surface area contributed by atoms with Crippen molar-refractivity contribution in [1.29, 1.82) is 0 Å². The van der Waals surface area contributed by atoms with E-state index in [2.05, 4.69) is 49.8 Å². The minimum Gasteiger partial charge on any atom is -0.371 e. The standard InChI is InChI=1S/C26H36N8O3S/c1-6-13-34(14-7-2)19-9-10-21(23(15-19)33(4)38(5)36)30-22-16-24(31-25-18-27-11-12-28-25)29-17-20(22)26(35)32-37-8-3/h9-12,15-18H,6-8,13-14H2,1-5H3,(H,32,35)(H2,28,29,30,31). The molecule has 38 heavy (non-hydrogen) atoms. The van der Waals surface area contributed by atoms with Gasteiger partial charge in [-0.1, -0.05) is 13.8 Å². The van der Waals surface area contributed by atoms with Crippen LogP contribution in [0.15, 0.2) is 49.1 Å². The van der Waals surface area contributed by atoms with Crippen molar-refractivity contribution < 1.29 is 13.8 Å². The lowest BCUT2D eigenvalue weighted by molar-refractivity contribution is 0.0365. The van der Waals surface area contributed by atoms with E-state index >= 15 is 0 Å². The number of benzene rings is 1. The summed E-state index contributed by atoms with van der Waals surface area (Å²) < 4.78 is 14.2. The van der Waals surface area contributed by atoms with Gasteiger partial charge in [0.1, 0.15) is 22.6 Å². The molecule has 3 aromatic rings. The van der Waals surface area contributed by atoms with Crippen LogP contribution in [0, 0.1) is 0 Å². The molecule has 1 atom stereocenters. The van der Waals surface area contributed by atoms with Crippen LogP contribution in [0.1, 0.15) is 44.0 Å². The third kappa shape index (κ3) is 7.62. The Hall–Kier alpha value is -3.77. The lowest BCUT2D eigenvalue weighted by atomic mass is 10.1. The van der Waals surface area contributed by atoms with Crippen molar-refractivity contribution in [3.8, 4) is 0 Å². The molecule has 11 nitrogen and oxygen atoms in total. The van der Waals surface area contributed by atoms with Crippen molar-refractivity contribution in [3.63, 3.8) is 0 Å². The largest absolute Gasteiger partial charge is 0.371 e. The van der Waals surface area contributed by atoms with Gasteiger partial charge < -0.3 is 15.5 Å². The second-order valence-corrected chi connectivity index (χ2v) is 9.82. The van der Waals surface area contributed by atoms with E-state index < -0.39 is 16.9 Å². The lowest BCUT2D eigenvalue weighted by Crippen LogP contribution is -2.26. The third-order valence-electron chi connectivity index (χ3n) is 5.60. The van der Waals surface area contributed by atoms with Crippen molar-refractivity contribution in [3.05, 3.63) is 54.6 Å². The first-order valence-electron chi connectivity index (χ1n) is 12.6. The average Bonchev–Trinajstić information content (AvgIpc) is 2.92. The highest BCUT2D eigenvalue weighted by Gasteiger charge is 2.19. The van der Waals surface area contributed by atoms with E-state index in [1.165, 1.54) is 6.20 Å². The van der Waals surface area contributed by atoms with Gasteiger partial charge >= 0.3 is 0 Å². The molecule has 0 spiro atoms. The van der Waals surface area contributed by atoms with Gasteiger partial charge in [-0.25, -0.2) is 19.7 Å². The molecule has 1 aromatic carbocycles. The van der Waals surface area contributed by atoms with Crippen molar-refractivity contribution >= 4 is 51.3 Å². The molecule has 204 valence electrons. The van der Waals surface area contributed by atoms with Gasteiger partial charge in [0, 0.05) is 56.7 Å². The fourth-order valence-electron chi connectivity index (χ4n) is 3.77. The zero-order chi connectivity index (χ0) is 27.5. The Kier molecular flexibility index (Phi) is 10.8. The summed E-state index contributed by atoms with van der Waals surface area (Å²) in [5.41, 5.74) is 5.64. The molecule has 0 saturated carbocycles. The minimum absolute atomic E-state index is 0.275. The first kappa shape index (κ1) is 28.8. The summed E-state index contributed by atoms with van der Waals surface area (Å²) in [5, 5.41) is 6.46. The maximum atomic E-state index is 12.9. The number of hydroxylamine groups is 1. The van der Waals surface area contributed by atoms with Crippen LogP contribution in [0.3, 0.4) is 0 Å². The first-order valence-corrected chi connectivity index (χ1v) is 14.1. The summed E-state index contributed by atoms with van der Waals surface area (Å²) in [4.78, 5) is 33.0. The molecule has 0 fully saturated rings. The second-order valence-electron chi connectivity index (χ2n) is 8.43. The van der Waals surface area contributed by atoms with Gasteiger partial charge in [0.2, 0.25) is 0 Å². The van der Waals surface area contributed by atoms with Crippen molar-refractivity contribution in [2.24, 2.45) is 0 Å². The number of carbonyl (C=O) groups excluding carboxylic acids is 1. The van der Waals surface area contributed by atoms with E-state index in [1.807, 2.05) is 18.2 Å². The van der Waals surface area contributed by atoms with Crippen LogP contribution in [0.5, 0.6) is 0 Å². The molecule has 2 aromatic heterocycles. The van der Waals surface area contributed by atoms with Crippen LogP contribution >= 0.6 is 0 Å². The number of carbonyl (C=O) groups is 1. The van der Waals surface area contributed by atoms with Gasteiger partial charge in [0.05, 0.1) is 35.4 Å². The predicted octanol–water partition coefficient (Wildman–Crippen LogP) is 4.40. The maximum absolute atomic E-state index is 12.9. The highest BCUT2D eigenvalue weighted by atomic mass is 32.2. The molecule has 2 heterocycles. The molecule has 1 unspecified atom stereocenters. The van der Waals surface area contributed by atoms with Gasteiger partial charge in [0.25, 0.3) is 5.91 Å². The molecule has 12 heteroatoms. The highest BCUT2D eigenvalue weighted by molar-refractivity contribution is 7.85. The Morgan fingerprint density at radius 2 is 1.74 bits per heavy atom. The summed E-state index contributed by atoms with van der Waals surface area (Å²) in [6, 6.07) is 7.70. The number of hydrogen-bond donors (Lipinski definition) is 3. The highest BCUT2D eigenvalue weighted by Crippen LogP contribution is 2.35. The Bertz CT molecular complexity index is 1220. The van der Waals surface area contributed by atoms with E-state index in [0.717, 1.165) is 37.3 Å². The fraction of sp³-hybridized carbons (Fsp3) is 0.385. The monoisotopic (exact) mass is 540 g/mol. The van der Waals surface area contributed by atoms with Gasteiger partial charge in [-0.15, -0.1) is 0 Å².